The van der Waals surface area contributed by atoms with E-state index < -0.39 is 0 Å². The van der Waals surface area contributed by atoms with Gasteiger partial charge in [-0.25, -0.2) is 0 Å². The predicted molar refractivity (Wildman–Crippen MR) is 95.2 cm³/mol. The SMILES string of the molecule is CCOc1ccc(CCC(C)CCNC(C)(C)C)c(Br)c1. The van der Waals surface area contributed by atoms with Crippen molar-refractivity contribution in [3.8, 4) is 5.75 Å². The van der Waals surface area contributed by atoms with Crippen LogP contribution in [0.4, 0.5) is 0 Å². The van der Waals surface area contributed by atoms with Gasteiger partial charge in [-0.05, 0) is 77.1 Å². The third-order valence-corrected chi connectivity index (χ3v) is 4.27. The summed E-state index contributed by atoms with van der Waals surface area (Å²) in [6.45, 7) is 12.8. The first-order chi connectivity index (χ1) is 9.81. The molecule has 0 aliphatic rings. The Balaban J connectivity index is 2.37. The zero-order valence-corrected chi connectivity index (χ0v) is 15.7. The normalized spacial score (nSPS) is 13.2. The number of ether oxygens (including phenoxy) is 1. The molecular weight excluding hydrogens is 326 g/mol. The summed E-state index contributed by atoms with van der Waals surface area (Å²) in [5.41, 5.74) is 1.59. The third kappa shape index (κ3) is 7.87. The Hall–Kier alpha value is -0.540. The summed E-state index contributed by atoms with van der Waals surface area (Å²) in [5.74, 6) is 1.67. The van der Waals surface area contributed by atoms with Crippen LogP contribution in [0.15, 0.2) is 22.7 Å². The predicted octanol–water partition coefficient (Wildman–Crippen LogP) is 5.19. The fourth-order valence-electron chi connectivity index (χ4n) is 2.23. The van der Waals surface area contributed by atoms with E-state index in [9.17, 15) is 0 Å². The summed E-state index contributed by atoms with van der Waals surface area (Å²) in [6, 6.07) is 6.31. The number of hydrogen-bond acceptors (Lipinski definition) is 2. The summed E-state index contributed by atoms with van der Waals surface area (Å²) >= 11 is 3.65. The molecule has 1 N–H and O–H groups in total. The van der Waals surface area contributed by atoms with E-state index in [2.05, 4.69) is 67.1 Å². The number of halogens is 1. The average molecular weight is 356 g/mol. The second-order valence-corrected chi connectivity index (χ2v) is 7.65. The van der Waals surface area contributed by atoms with Crippen molar-refractivity contribution in [3.63, 3.8) is 0 Å². The maximum Gasteiger partial charge on any atom is 0.120 e. The summed E-state index contributed by atoms with van der Waals surface area (Å²) < 4.78 is 6.67. The lowest BCUT2D eigenvalue weighted by Crippen LogP contribution is -2.36. The van der Waals surface area contributed by atoms with Crippen molar-refractivity contribution in [2.24, 2.45) is 5.92 Å². The highest BCUT2D eigenvalue weighted by molar-refractivity contribution is 9.10. The molecule has 21 heavy (non-hydrogen) atoms. The van der Waals surface area contributed by atoms with Crippen LogP contribution in [0.5, 0.6) is 5.75 Å². The maximum atomic E-state index is 5.51. The molecule has 0 bridgehead atoms. The molecule has 0 aliphatic carbocycles. The lowest BCUT2D eigenvalue weighted by Gasteiger charge is -2.22. The van der Waals surface area contributed by atoms with Gasteiger partial charge < -0.3 is 10.1 Å². The Morgan fingerprint density at radius 2 is 1.95 bits per heavy atom. The van der Waals surface area contributed by atoms with E-state index in [1.165, 1.54) is 18.4 Å². The molecule has 0 spiro atoms. The van der Waals surface area contributed by atoms with Crippen LogP contribution in [0.3, 0.4) is 0 Å². The van der Waals surface area contributed by atoms with E-state index >= 15 is 0 Å². The highest BCUT2D eigenvalue weighted by atomic mass is 79.9. The van der Waals surface area contributed by atoms with Crippen LogP contribution < -0.4 is 10.1 Å². The fraction of sp³-hybridized carbons (Fsp3) is 0.667. The van der Waals surface area contributed by atoms with E-state index in [0.29, 0.717) is 6.61 Å². The molecule has 1 unspecified atom stereocenters. The summed E-state index contributed by atoms with van der Waals surface area (Å²) in [4.78, 5) is 0. The first-order valence-electron chi connectivity index (χ1n) is 7.98. The zero-order chi connectivity index (χ0) is 15.9. The van der Waals surface area contributed by atoms with Crippen LogP contribution in [0.1, 0.15) is 53.0 Å². The van der Waals surface area contributed by atoms with E-state index in [-0.39, 0.29) is 5.54 Å². The quantitative estimate of drug-likeness (QED) is 0.692. The zero-order valence-electron chi connectivity index (χ0n) is 14.1. The molecule has 1 aromatic rings. The molecule has 0 aromatic heterocycles. The summed E-state index contributed by atoms with van der Waals surface area (Å²) in [7, 11) is 0. The van der Waals surface area contributed by atoms with Crippen molar-refractivity contribution >= 4 is 15.9 Å². The van der Waals surface area contributed by atoms with Crippen LogP contribution in [0.2, 0.25) is 0 Å². The van der Waals surface area contributed by atoms with Gasteiger partial charge in [-0.3, -0.25) is 0 Å². The van der Waals surface area contributed by atoms with Gasteiger partial charge in [-0.2, -0.15) is 0 Å². The van der Waals surface area contributed by atoms with E-state index in [4.69, 9.17) is 4.74 Å². The van der Waals surface area contributed by atoms with Crippen molar-refractivity contribution < 1.29 is 4.74 Å². The highest BCUT2D eigenvalue weighted by Crippen LogP contribution is 2.25. The van der Waals surface area contributed by atoms with E-state index in [1.54, 1.807) is 0 Å². The fourth-order valence-corrected chi connectivity index (χ4v) is 2.78. The Bertz CT molecular complexity index is 426. The number of rotatable bonds is 8. The Morgan fingerprint density at radius 3 is 2.52 bits per heavy atom. The van der Waals surface area contributed by atoms with Gasteiger partial charge >= 0.3 is 0 Å². The molecule has 0 saturated carbocycles. The van der Waals surface area contributed by atoms with Gasteiger partial charge in [0.25, 0.3) is 0 Å². The number of nitrogens with one attached hydrogen (secondary N) is 1. The molecule has 0 saturated heterocycles. The molecule has 0 heterocycles. The summed E-state index contributed by atoms with van der Waals surface area (Å²) in [5, 5.41) is 3.56. The van der Waals surface area contributed by atoms with Gasteiger partial charge in [-0.15, -0.1) is 0 Å². The van der Waals surface area contributed by atoms with Crippen LogP contribution in [-0.2, 0) is 6.42 Å². The van der Waals surface area contributed by atoms with E-state index in [1.807, 2.05) is 6.92 Å². The number of aryl methyl sites for hydroxylation is 1. The minimum atomic E-state index is 0.220. The Morgan fingerprint density at radius 1 is 1.24 bits per heavy atom. The minimum Gasteiger partial charge on any atom is -0.494 e. The molecule has 120 valence electrons. The largest absolute Gasteiger partial charge is 0.494 e. The average Bonchev–Trinajstić information content (AvgIpc) is 2.36. The van der Waals surface area contributed by atoms with Crippen LogP contribution >= 0.6 is 15.9 Å². The van der Waals surface area contributed by atoms with Crippen LogP contribution in [0, 0.1) is 5.92 Å². The number of hydrogen-bond donors (Lipinski definition) is 1. The second-order valence-electron chi connectivity index (χ2n) is 6.80. The van der Waals surface area contributed by atoms with Gasteiger partial charge in [0.05, 0.1) is 6.61 Å². The molecule has 0 amide bonds. The smallest absolute Gasteiger partial charge is 0.120 e. The first kappa shape index (κ1) is 18.5. The molecule has 0 aliphatic heterocycles. The molecule has 0 fully saturated rings. The van der Waals surface area contributed by atoms with Crippen molar-refractivity contribution in [2.45, 2.75) is 59.4 Å². The van der Waals surface area contributed by atoms with Crippen molar-refractivity contribution in [2.75, 3.05) is 13.2 Å². The second kappa shape index (κ2) is 8.79. The molecular formula is C18H30BrNO. The lowest BCUT2D eigenvalue weighted by atomic mass is 9.97. The van der Waals surface area contributed by atoms with Gasteiger partial charge in [0.15, 0.2) is 0 Å². The van der Waals surface area contributed by atoms with Gasteiger partial charge in [0.2, 0.25) is 0 Å². The lowest BCUT2D eigenvalue weighted by molar-refractivity contribution is 0.340. The first-order valence-corrected chi connectivity index (χ1v) is 8.77. The third-order valence-electron chi connectivity index (χ3n) is 3.53. The monoisotopic (exact) mass is 355 g/mol. The molecule has 3 heteroatoms. The molecule has 1 atom stereocenters. The van der Waals surface area contributed by atoms with Gasteiger partial charge in [0.1, 0.15) is 5.75 Å². The van der Waals surface area contributed by atoms with Gasteiger partial charge in [0, 0.05) is 10.0 Å². The molecule has 2 nitrogen and oxygen atoms in total. The van der Waals surface area contributed by atoms with Gasteiger partial charge in [-0.1, -0.05) is 28.9 Å². The van der Waals surface area contributed by atoms with Crippen molar-refractivity contribution in [1.29, 1.82) is 0 Å². The Kier molecular flexibility index (Phi) is 7.75. The van der Waals surface area contributed by atoms with Crippen LogP contribution in [0.25, 0.3) is 0 Å². The van der Waals surface area contributed by atoms with Crippen molar-refractivity contribution in [1.82, 2.24) is 5.32 Å². The molecule has 0 radical (unpaired) electrons. The van der Waals surface area contributed by atoms with E-state index in [0.717, 1.165) is 29.1 Å². The topological polar surface area (TPSA) is 21.3 Å². The summed E-state index contributed by atoms with van der Waals surface area (Å²) in [6.07, 6.45) is 3.56. The standard InChI is InChI=1S/C18H30BrNO/c1-6-21-16-10-9-15(17(19)13-16)8-7-14(2)11-12-20-18(3,4)5/h9-10,13-14,20H,6-8,11-12H2,1-5H3. The van der Waals surface area contributed by atoms with Crippen molar-refractivity contribution in [3.05, 3.63) is 28.2 Å². The van der Waals surface area contributed by atoms with Crippen LogP contribution in [-0.4, -0.2) is 18.7 Å². The molecule has 1 aromatic carbocycles. The highest BCUT2D eigenvalue weighted by Gasteiger charge is 2.10. The Labute approximate surface area is 138 Å². The number of benzene rings is 1. The molecule has 1 rings (SSSR count). The maximum absolute atomic E-state index is 5.51. The minimum absolute atomic E-state index is 0.220.